The van der Waals surface area contributed by atoms with Crippen LogP contribution >= 0.6 is 12.4 Å². The molecule has 1 atom stereocenters. The number of ether oxygens (including phenoxy) is 1. The highest BCUT2D eigenvalue weighted by Crippen LogP contribution is 2.20. The molecule has 0 spiro atoms. The maximum Gasteiger partial charge on any atom is 0.312 e. The number of hydrogen-bond donors (Lipinski definition) is 0. The average molecular weight is 279 g/mol. The summed E-state index contributed by atoms with van der Waals surface area (Å²) >= 11 is 0. The van der Waals surface area contributed by atoms with Gasteiger partial charge in [-0.3, -0.25) is 14.4 Å². The Labute approximate surface area is 113 Å². The first-order chi connectivity index (χ1) is 7.95. The van der Waals surface area contributed by atoms with Gasteiger partial charge < -0.3 is 14.5 Å². The summed E-state index contributed by atoms with van der Waals surface area (Å²) in [6, 6.07) is 0. The summed E-state index contributed by atoms with van der Waals surface area (Å²) in [5.74, 6) is -1.20. The van der Waals surface area contributed by atoms with E-state index < -0.39 is 11.8 Å². The Bertz CT molecular complexity index is 333. The van der Waals surface area contributed by atoms with Crippen LogP contribution in [-0.2, 0) is 19.1 Å². The zero-order chi connectivity index (χ0) is 13.0. The Morgan fingerprint density at radius 1 is 1.33 bits per heavy atom. The molecule has 1 aliphatic rings. The Kier molecular flexibility index (Phi) is 6.68. The first kappa shape index (κ1) is 16.7. The van der Waals surface area contributed by atoms with Crippen LogP contribution in [0.1, 0.15) is 12.8 Å². The van der Waals surface area contributed by atoms with Crippen molar-refractivity contribution >= 4 is 30.2 Å². The normalized spacial score (nSPS) is 17.9. The molecule has 0 aromatic carbocycles. The first-order valence-electron chi connectivity index (χ1n) is 5.53. The lowest BCUT2D eigenvalue weighted by atomic mass is 10.1. The first-order valence-corrected chi connectivity index (χ1v) is 5.53. The summed E-state index contributed by atoms with van der Waals surface area (Å²) in [5, 5.41) is 0. The second-order valence-electron chi connectivity index (χ2n) is 4.39. The molecule has 0 radical (unpaired) electrons. The number of likely N-dealkylation sites (N-methyl/N-ethyl adjacent to an activating group) is 1. The van der Waals surface area contributed by atoms with Gasteiger partial charge in [0.1, 0.15) is 0 Å². The van der Waals surface area contributed by atoms with Crippen LogP contribution in [0.15, 0.2) is 0 Å². The lowest BCUT2D eigenvalue weighted by Gasteiger charge is -2.18. The highest BCUT2D eigenvalue weighted by molar-refractivity contribution is 6.34. The van der Waals surface area contributed by atoms with Gasteiger partial charge >= 0.3 is 17.8 Å². The minimum Gasteiger partial charge on any atom is -0.469 e. The van der Waals surface area contributed by atoms with Crippen LogP contribution < -0.4 is 0 Å². The van der Waals surface area contributed by atoms with Gasteiger partial charge in [0.05, 0.1) is 13.5 Å². The molecule has 0 aromatic heterocycles. The highest BCUT2D eigenvalue weighted by atomic mass is 35.5. The van der Waals surface area contributed by atoms with Gasteiger partial charge in [0.2, 0.25) is 0 Å². The molecule has 0 bridgehead atoms. The number of halogens is 1. The molecule has 0 N–H and O–H groups in total. The number of hydrogen-bond acceptors (Lipinski definition) is 4. The topological polar surface area (TPSA) is 66.9 Å². The molecule has 1 heterocycles. The van der Waals surface area contributed by atoms with Crippen molar-refractivity contribution in [1.29, 1.82) is 0 Å². The predicted octanol–water partition coefficient (Wildman–Crippen LogP) is -0.0920. The molecule has 104 valence electrons. The van der Waals surface area contributed by atoms with Crippen molar-refractivity contribution in [2.24, 2.45) is 5.92 Å². The van der Waals surface area contributed by atoms with Crippen LogP contribution in [0.4, 0.5) is 0 Å². The van der Waals surface area contributed by atoms with E-state index in [0.29, 0.717) is 19.5 Å². The van der Waals surface area contributed by atoms with E-state index >= 15 is 0 Å². The molecule has 6 nitrogen and oxygen atoms in total. The van der Waals surface area contributed by atoms with Crippen molar-refractivity contribution in [2.45, 2.75) is 12.8 Å². The maximum atomic E-state index is 11.7. The number of amides is 2. The van der Waals surface area contributed by atoms with E-state index in [1.54, 1.807) is 14.1 Å². The summed E-state index contributed by atoms with van der Waals surface area (Å²) in [5.41, 5.74) is 0. The molecule has 2 amide bonds. The Morgan fingerprint density at radius 3 is 2.44 bits per heavy atom. The van der Waals surface area contributed by atoms with Crippen LogP contribution in [0.5, 0.6) is 0 Å². The van der Waals surface area contributed by atoms with Crippen LogP contribution in [0.2, 0.25) is 0 Å². The van der Waals surface area contributed by atoms with E-state index in [-0.39, 0.29) is 24.3 Å². The summed E-state index contributed by atoms with van der Waals surface area (Å²) in [4.78, 5) is 37.0. The highest BCUT2D eigenvalue weighted by Gasteiger charge is 2.31. The van der Waals surface area contributed by atoms with Crippen molar-refractivity contribution in [2.75, 3.05) is 34.3 Å². The quantitative estimate of drug-likeness (QED) is 0.523. The van der Waals surface area contributed by atoms with Crippen molar-refractivity contribution in [3.8, 4) is 0 Å². The SMILES string of the molecule is COC(=O)CC1CCN(C(=O)C(=O)N(C)C)C1.Cl. The molecule has 1 saturated heterocycles. The van der Waals surface area contributed by atoms with E-state index in [1.807, 2.05) is 0 Å². The molecule has 1 aliphatic heterocycles. The monoisotopic (exact) mass is 278 g/mol. The standard InChI is InChI=1S/C11H18N2O4.ClH/c1-12(2)10(15)11(16)13-5-4-8(7-13)6-9(14)17-3;/h8H,4-7H2,1-3H3;1H. The average Bonchev–Trinajstić information content (AvgIpc) is 2.75. The van der Waals surface area contributed by atoms with Crippen molar-refractivity contribution < 1.29 is 19.1 Å². The fraction of sp³-hybridized carbons (Fsp3) is 0.727. The summed E-state index contributed by atoms with van der Waals surface area (Å²) < 4.78 is 4.58. The smallest absolute Gasteiger partial charge is 0.312 e. The molecule has 18 heavy (non-hydrogen) atoms. The van der Waals surface area contributed by atoms with Gasteiger partial charge in [0.15, 0.2) is 0 Å². The van der Waals surface area contributed by atoms with Crippen molar-refractivity contribution in [1.82, 2.24) is 9.80 Å². The number of likely N-dealkylation sites (tertiary alicyclic amines) is 1. The Hall–Kier alpha value is -1.30. The van der Waals surface area contributed by atoms with Crippen LogP contribution in [-0.4, -0.2) is 61.9 Å². The Balaban J connectivity index is 0.00000289. The predicted molar refractivity (Wildman–Crippen MR) is 67.3 cm³/mol. The van der Waals surface area contributed by atoms with Gasteiger partial charge in [-0.15, -0.1) is 12.4 Å². The van der Waals surface area contributed by atoms with E-state index in [9.17, 15) is 14.4 Å². The van der Waals surface area contributed by atoms with Gasteiger partial charge in [0, 0.05) is 27.2 Å². The van der Waals surface area contributed by atoms with E-state index in [1.165, 1.54) is 16.9 Å². The molecular formula is C11H19ClN2O4. The number of esters is 1. The fourth-order valence-electron chi connectivity index (χ4n) is 1.83. The molecule has 1 unspecified atom stereocenters. The van der Waals surface area contributed by atoms with Crippen molar-refractivity contribution in [3.63, 3.8) is 0 Å². The number of carbonyl (C=O) groups excluding carboxylic acids is 3. The summed E-state index contributed by atoms with van der Waals surface area (Å²) in [6.07, 6.45) is 1.04. The molecule has 0 aliphatic carbocycles. The fourth-order valence-corrected chi connectivity index (χ4v) is 1.83. The number of nitrogens with zero attached hydrogens (tertiary/aromatic N) is 2. The van der Waals surface area contributed by atoms with Gasteiger partial charge in [-0.25, -0.2) is 0 Å². The molecule has 7 heteroatoms. The lowest BCUT2D eigenvalue weighted by molar-refractivity contribution is -0.149. The molecule has 1 fully saturated rings. The number of carbonyl (C=O) groups is 3. The molecule has 0 aromatic rings. The Morgan fingerprint density at radius 2 is 1.94 bits per heavy atom. The minimum atomic E-state index is -0.524. The number of methoxy groups -OCH3 is 1. The van der Waals surface area contributed by atoms with Gasteiger partial charge in [0.25, 0.3) is 0 Å². The second-order valence-corrected chi connectivity index (χ2v) is 4.39. The minimum absolute atomic E-state index is 0. The van der Waals surface area contributed by atoms with Crippen LogP contribution in [0.3, 0.4) is 0 Å². The third-order valence-corrected chi connectivity index (χ3v) is 2.85. The van der Waals surface area contributed by atoms with Crippen LogP contribution in [0, 0.1) is 5.92 Å². The second kappa shape index (κ2) is 7.20. The van der Waals surface area contributed by atoms with Crippen LogP contribution in [0.25, 0.3) is 0 Å². The summed E-state index contributed by atoms with van der Waals surface area (Å²) in [7, 11) is 4.43. The van der Waals surface area contributed by atoms with Gasteiger partial charge in [-0.05, 0) is 12.3 Å². The van der Waals surface area contributed by atoms with E-state index in [2.05, 4.69) is 4.74 Å². The van der Waals surface area contributed by atoms with E-state index in [4.69, 9.17) is 0 Å². The van der Waals surface area contributed by atoms with Crippen molar-refractivity contribution in [3.05, 3.63) is 0 Å². The lowest BCUT2D eigenvalue weighted by Crippen LogP contribution is -2.41. The molecule has 0 saturated carbocycles. The zero-order valence-electron chi connectivity index (χ0n) is 10.8. The van der Waals surface area contributed by atoms with Gasteiger partial charge in [-0.2, -0.15) is 0 Å². The molecular weight excluding hydrogens is 260 g/mol. The zero-order valence-corrected chi connectivity index (χ0v) is 11.7. The number of rotatable bonds is 2. The molecule has 1 rings (SSSR count). The van der Waals surface area contributed by atoms with E-state index in [0.717, 1.165) is 6.42 Å². The largest absolute Gasteiger partial charge is 0.469 e. The maximum absolute atomic E-state index is 11.7. The van der Waals surface area contributed by atoms with Gasteiger partial charge in [-0.1, -0.05) is 0 Å². The summed E-state index contributed by atoms with van der Waals surface area (Å²) in [6.45, 7) is 0.980. The third kappa shape index (κ3) is 4.18. The third-order valence-electron chi connectivity index (χ3n) is 2.85.